The number of hydrogen-bond donors (Lipinski definition) is 1. The van der Waals surface area contributed by atoms with E-state index in [-0.39, 0.29) is 17.9 Å². The van der Waals surface area contributed by atoms with Gasteiger partial charge in [0.25, 0.3) is 0 Å². The van der Waals surface area contributed by atoms with Crippen molar-refractivity contribution < 1.29 is 32.3 Å². The Kier molecular flexibility index (Phi) is 4.43. The van der Waals surface area contributed by atoms with Crippen molar-refractivity contribution in [3.8, 4) is 11.1 Å². The van der Waals surface area contributed by atoms with Gasteiger partial charge in [0.2, 0.25) is 5.91 Å². The molecule has 1 aliphatic rings. The molecule has 0 saturated carbocycles. The fourth-order valence-corrected chi connectivity index (χ4v) is 2.97. The quantitative estimate of drug-likeness (QED) is 0.838. The summed E-state index contributed by atoms with van der Waals surface area (Å²) in [5.74, 6) is -2.83. The number of alkyl halides is 3. The number of rotatable bonds is 3. The summed E-state index contributed by atoms with van der Waals surface area (Å²) in [4.78, 5) is 24.0. The van der Waals surface area contributed by atoms with Gasteiger partial charge < -0.3 is 10.0 Å². The Labute approximate surface area is 145 Å². The van der Waals surface area contributed by atoms with E-state index in [0.717, 1.165) is 11.0 Å². The molecular weight excluding hydrogens is 354 g/mol. The molecule has 0 saturated heterocycles. The minimum Gasteiger partial charge on any atom is -0.480 e. The van der Waals surface area contributed by atoms with E-state index < -0.39 is 30.1 Å². The van der Waals surface area contributed by atoms with Gasteiger partial charge in [-0.15, -0.1) is 0 Å². The minimum atomic E-state index is -4.77. The monoisotopic (exact) mass is 367 g/mol. The van der Waals surface area contributed by atoms with Gasteiger partial charge in [0.1, 0.15) is 12.4 Å². The van der Waals surface area contributed by atoms with E-state index in [1.54, 1.807) is 6.07 Å². The Morgan fingerprint density at radius 2 is 1.73 bits per heavy atom. The van der Waals surface area contributed by atoms with Crippen LogP contribution >= 0.6 is 0 Å². The van der Waals surface area contributed by atoms with Crippen LogP contribution in [0.2, 0.25) is 0 Å². The molecular formula is C18H13F4NO3. The molecule has 0 aromatic heterocycles. The van der Waals surface area contributed by atoms with Crippen LogP contribution in [0.1, 0.15) is 17.5 Å². The van der Waals surface area contributed by atoms with Crippen molar-refractivity contribution in [2.45, 2.75) is 19.0 Å². The number of amides is 1. The largest absolute Gasteiger partial charge is 0.480 e. The molecule has 0 aliphatic carbocycles. The smallest absolute Gasteiger partial charge is 0.419 e. The zero-order chi connectivity index (χ0) is 19.1. The summed E-state index contributed by atoms with van der Waals surface area (Å²) in [5.41, 5.74) is 0.543. The zero-order valence-corrected chi connectivity index (χ0v) is 13.3. The maximum atomic E-state index is 13.8. The van der Waals surface area contributed by atoms with Crippen LogP contribution < -0.4 is 4.90 Å². The maximum absolute atomic E-state index is 13.8. The van der Waals surface area contributed by atoms with E-state index in [2.05, 4.69) is 0 Å². The number of nitrogens with zero attached hydrogens (tertiary/aromatic N) is 1. The highest BCUT2D eigenvalue weighted by molar-refractivity contribution is 6.00. The van der Waals surface area contributed by atoms with Crippen molar-refractivity contribution in [3.63, 3.8) is 0 Å². The Morgan fingerprint density at radius 1 is 1.08 bits per heavy atom. The number of aryl methyl sites for hydroxylation is 1. The molecule has 0 radical (unpaired) electrons. The molecule has 0 unspecified atom stereocenters. The lowest BCUT2D eigenvalue weighted by Gasteiger charge is -2.28. The third kappa shape index (κ3) is 3.40. The molecule has 0 atom stereocenters. The van der Waals surface area contributed by atoms with Crippen molar-refractivity contribution in [3.05, 3.63) is 53.3 Å². The van der Waals surface area contributed by atoms with Gasteiger partial charge in [-0.2, -0.15) is 13.2 Å². The highest BCUT2D eigenvalue weighted by Crippen LogP contribution is 2.35. The highest BCUT2D eigenvalue weighted by Gasteiger charge is 2.34. The van der Waals surface area contributed by atoms with E-state index >= 15 is 0 Å². The number of aliphatic carboxylic acids is 1. The number of halogens is 4. The van der Waals surface area contributed by atoms with Gasteiger partial charge in [0.15, 0.2) is 0 Å². The second kappa shape index (κ2) is 6.44. The van der Waals surface area contributed by atoms with Crippen LogP contribution in [-0.2, 0) is 22.2 Å². The average Bonchev–Trinajstić information content (AvgIpc) is 2.55. The number of benzene rings is 2. The zero-order valence-electron chi connectivity index (χ0n) is 13.3. The third-order valence-corrected chi connectivity index (χ3v) is 4.18. The molecule has 2 aromatic carbocycles. The molecule has 136 valence electrons. The molecule has 4 nitrogen and oxygen atoms in total. The van der Waals surface area contributed by atoms with Crippen molar-refractivity contribution >= 4 is 17.6 Å². The molecule has 0 spiro atoms. The molecule has 1 heterocycles. The number of carbonyl (C=O) groups excluding carboxylic acids is 1. The van der Waals surface area contributed by atoms with Crippen molar-refractivity contribution in [2.24, 2.45) is 0 Å². The van der Waals surface area contributed by atoms with Gasteiger partial charge in [-0.3, -0.25) is 9.59 Å². The first-order chi connectivity index (χ1) is 12.2. The maximum Gasteiger partial charge on any atom is 0.419 e. The Hall–Kier alpha value is -2.90. The van der Waals surface area contributed by atoms with Crippen LogP contribution in [0, 0.1) is 5.82 Å². The topological polar surface area (TPSA) is 57.6 Å². The number of hydrogen-bond acceptors (Lipinski definition) is 2. The first-order valence-corrected chi connectivity index (χ1v) is 7.69. The van der Waals surface area contributed by atoms with Gasteiger partial charge in [0, 0.05) is 12.1 Å². The normalized spacial score (nSPS) is 14.3. The molecule has 0 bridgehead atoms. The first-order valence-electron chi connectivity index (χ1n) is 7.69. The molecule has 8 heteroatoms. The van der Waals surface area contributed by atoms with E-state index in [9.17, 15) is 27.2 Å². The summed E-state index contributed by atoms with van der Waals surface area (Å²) < 4.78 is 51.8. The standard InChI is InChI=1S/C18H13F4NO3/c19-14-8-11(1-4-13(14)18(20,21)22)10-2-5-15-12(7-10)3-6-16(24)23(15)9-17(25)26/h1-2,4-5,7-8H,3,6,9H2,(H,25,26). The SMILES string of the molecule is O=C(O)CN1C(=O)CCc2cc(-c3ccc(C(F)(F)F)c(F)c3)ccc21. The van der Waals surface area contributed by atoms with E-state index in [1.165, 1.54) is 18.2 Å². The van der Waals surface area contributed by atoms with Crippen LogP contribution in [0.3, 0.4) is 0 Å². The fraction of sp³-hybridized carbons (Fsp3) is 0.222. The Morgan fingerprint density at radius 3 is 2.35 bits per heavy atom. The summed E-state index contributed by atoms with van der Waals surface area (Å²) in [6.07, 6.45) is -4.26. The Bertz CT molecular complexity index is 892. The summed E-state index contributed by atoms with van der Waals surface area (Å²) in [5, 5.41) is 8.94. The summed E-state index contributed by atoms with van der Waals surface area (Å²) in [7, 11) is 0. The van der Waals surface area contributed by atoms with Crippen LogP contribution in [-0.4, -0.2) is 23.5 Å². The van der Waals surface area contributed by atoms with E-state index in [1.807, 2.05) is 0 Å². The van der Waals surface area contributed by atoms with Crippen LogP contribution in [0.25, 0.3) is 11.1 Å². The predicted octanol–water partition coefficient (Wildman–Crippen LogP) is 3.88. The third-order valence-electron chi connectivity index (χ3n) is 4.18. The minimum absolute atomic E-state index is 0.130. The summed E-state index contributed by atoms with van der Waals surface area (Å²) in [6, 6.07) is 7.36. The second-order valence-electron chi connectivity index (χ2n) is 5.91. The molecule has 1 aliphatic heterocycles. The molecule has 0 fully saturated rings. The number of carbonyl (C=O) groups is 2. The molecule has 2 aromatic rings. The van der Waals surface area contributed by atoms with E-state index in [4.69, 9.17) is 5.11 Å². The second-order valence-corrected chi connectivity index (χ2v) is 5.91. The lowest BCUT2D eigenvalue weighted by Crippen LogP contribution is -2.38. The Balaban J connectivity index is 1.98. The lowest BCUT2D eigenvalue weighted by molar-refractivity contribution is -0.140. The molecule has 1 N–H and O–H groups in total. The first kappa shape index (κ1) is 17.9. The average molecular weight is 367 g/mol. The summed E-state index contributed by atoms with van der Waals surface area (Å²) in [6.45, 7) is -0.472. The number of carboxylic acid groups (broad SMARTS) is 1. The number of carboxylic acids is 1. The predicted molar refractivity (Wildman–Crippen MR) is 85.1 cm³/mol. The van der Waals surface area contributed by atoms with Crippen molar-refractivity contribution in [1.29, 1.82) is 0 Å². The number of fused-ring (bicyclic) bond motifs is 1. The molecule has 26 heavy (non-hydrogen) atoms. The van der Waals surface area contributed by atoms with Crippen LogP contribution in [0.4, 0.5) is 23.2 Å². The van der Waals surface area contributed by atoms with Gasteiger partial charge >= 0.3 is 12.1 Å². The summed E-state index contributed by atoms with van der Waals surface area (Å²) >= 11 is 0. The van der Waals surface area contributed by atoms with Gasteiger partial charge in [0.05, 0.1) is 5.56 Å². The van der Waals surface area contributed by atoms with Gasteiger partial charge in [-0.1, -0.05) is 12.1 Å². The van der Waals surface area contributed by atoms with Gasteiger partial charge in [-0.25, -0.2) is 4.39 Å². The van der Waals surface area contributed by atoms with E-state index in [0.29, 0.717) is 29.3 Å². The van der Waals surface area contributed by atoms with Crippen molar-refractivity contribution in [2.75, 3.05) is 11.4 Å². The fourth-order valence-electron chi connectivity index (χ4n) is 2.97. The number of anilines is 1. The van der Waals surface area contributed by atoms with Gasteiger partial charge in [-0.05, 0) is 47.4 Å². The highest BCUT2D eigenvalue weighted by atomic mass is 19.4. The molecule has 3 rings (SSSR count). The lowest BCUT2D eigenvalue weighted by atomic mass is 9.95. The van der Waals surface area contributed by atoms with Crippen LogP contribution in [0.5, 0.6) is 0 Å². The van der Waals surface area contributed by atoms with Crippen LogP contribution in [0.15, 0.2) is 36.4 Å². The van der Waals surface area contributed by atoms with Crippen molar-refractivity contribution in [1.82, 2.24) is 0 Å². The molecule has 1 amide bonds.